The molecule has 0 saturated heterocycles. The van der Waals surface area contributed by atoms with E-state index in [4.69, 9.17) is 18.6 Å². The molecule has 0 aliphatic rings. The van der Waals surface area contributed by atoms with Gasteiger partial charge in [0.1, 0.15) is 11.5 Å². The van der Waals surface area contributed by atoms with Crippen LogP contribution in [-0.2, 0) is 4.79 Å². The molecule has 9 heteroatoms. The van der Waals surface area contributed by atoms with Crippen molar-refractivity contribution in [3.8, 4) is 17.2 Å². The summed E-state index contributed by atoms with van der Waals surface area (Å²) in [7, 11) is 6.83. The molecule has 1 heterocycles. The van der Waals surface area contributed by atoms with Crippen LogP contribution in [0.3, 0.4) is 0 Å². The number of amides is 2. The van der Waals surface area contributed by atoms with Gasteiger partial charge in [-0.1, -0.05) is 12.1 Å². The van der Waals surface area contributed by atoms with Crippen molar-refractivity contribution in [2.75, 3.05) is 46.8 Å². The molecule has 1 aromatic heterocycles. The van der Waals surface area contributed by atoms with Crippen molar-refractivity contribution in [3.05, 3.63) is 72.2 Å². The molecule has 1 unspecified atom stereocenters. The van der Waals surface area contributed by atoms with Gasteiger partial charge in [0.25, 0.3) is 11.8 Å². The average molecular weight is 468 g/mol. The largest absolute Gasteiger partial charge is 0.495 e. The molecule has 9 nitrogen and oxygen atoms in total. The van der Waals surface area contributed by atoms with Crippen LogP contribution in [0.25, 0.3) is 0 Å². The lowest BCUT2D eigenvalue weighted by Gasteiger charge is -2.22. The first-order valence-corrected chi connectivity index (χ1v) is 10.6. The quantitative estimate of drug-likeness (QED) is 0.446. The van der Waals surface area contributed by atoms with Gasteiger partial charge in [-0.3, -0.25) is 14.5 Å². The van der Waals surface area contributed by atoms with Crippen molar-refractivity contribution in [3.63, 3.8) is 0 Å². The van der Waals surface area contributed by atoms with Crippen LogP contribution in [0.15, 0.2) is 65.3 Å². The Morgan fingerprint density at radius 3 is 2.41 bits per heavy atom. The molecule has 0 fully saturated rings. The Hall–Kier alpha value is -3.98. The highest BCUT2D eigenvalue weighted by Gasteiger charge is 2.19. The Kier molecular flexibility index (Phi) is 8.53. The Morgan fingerprint density at radius 2 is 1.74 bits per heavy atom. The van der Waals surface area contributed by atoms with Crippen LogP contribution in [-0.4, -0.2) is 58.2 Å². The number of benzene rings is 2. The summed E-state index contributed by atoms with van der Waals surface area (Å²) in [6.45, 7) is 0.122. The Balaban J connectivity index is 1.60. The van der Waals surface area contributed by atoms with Gasteiger partial charge in [0.05, 0.1) is 32.2 Å². The van der Waals surface area contributed by atoms with E-state index in [-0.39, 0.29) is 24.5 Å². The molecule has 0 aliphatic carbocycles. The molecule has 3 rings (SSSR count). The number of hydrogen-bond donors (Lipinski definition) is 2. The maximum Gasteiger partial charge on any atom is 0.262 e. The van der Waals surface area contributed by atoms with Crippen LogP contribution in [0.4, 0.5) is 5.69 Å². The molecular formula is C25H29N3O6. The second kappa shape index (κ2) is 11.8. The van der Waals surface area contributed by atoms with Crippen LogP contribution in [0.5, 0.6) is 17.2 Å². The molecule has 1 atom stereocenters. The van der Waals surface area contributed by atoms with Crippen LogP contribution >= 0.6 is 0 Å². The van der Waals surface area contributed by atoms with Crippen LogP contribution in [0, 0.1) is 0 Å². The van der Waals surface area contributed by atoms with E-state index in [1.165, 1.54) is 14.2 Å². The highest BCUT2D eigenvalue weighted by molar-refractivity contribution is 5.95. The Labute approximate surface area is 198 Å². The predicted octanol–water partition coefficient (Wildman–Crippen LogP) is 3.35. The minimum absolute atomic E-state index is 0.106. The monoisotopic (exact) mass is 467 g/mol. The maximum atomic E-state index is 12.7. The fraction of sp³-hybridized carbons (Fsp3) is 0.280. The third kappa shape index (κ3) is 6.29. The van der Waals surface area contributed by atoms with E-state index >= 15 is 0 Å². The standard InChI is InChI=1S/C25H29N3O6/c1-28(2)19(21-10-7-13-33-21)15-26-25(30)17-11-12-22(23(14-17)32-4)34-16-24(29)27-18-8-5-6-9-20(18)31-3/h5-14,19H,15-16H2,1-4H3,(H,26,30)(H,27,29). The van der Waals surface area contributed by atoms with E-state index in [2.05, 4.69) is 10.6 Å². The number of ether oxygens (including phenoxy) is 3. The second-order valence-corrected chi connectivity index (χ2v) is 7.61. The van der Waals surface area contributed by atoms with Crippen LogP contribution < -0.4 is 24.8 Å². The number of nitrogens with one attached hydrogen (secondary N) is 2. The predicted molar refractivity (Wildman–Crippen MR) is 128 cm³/mol. The second-order valence-electron chi connectivity index (χ2n) is 7.61. The van der Waals surface area contributed by atoms with Crippen molar-refractivity contribution in [2.24, 2.45) is 0 Å². The molecule has 0 spiro atoms. The Morgan fingerprint density at radius 1 is 0.971 bits per heavy atom. The van der Waals surface area contributed by atoms with Crippen LogP contribution in [0.2, 0.25) is 0 Å². The lowest BCUT2D eigenvalue weighted by Crippen LogP contribution is -2.34. The molecule has 180 valence electrons. The van der Waals surface area contributed by atoms with Crippen molar-refractivity contribution >= 4 is 17.5 Å². The van der Waals surface area contributed by atoms with Gasteiger partial charge in [-0.05, 0) is 56.6 Å². The van der Waals surface area contributed by atoms with Gasteiger partial charge in [-0.15, -0.1) is 0 Å². The number of carbonyl (C=O) groups is 2. The maximum absolute atomic E-state index is 12.7. The van der Waals surface area contributed by atoms with Gasteiger partial charge in [-0.2, -0.15) is 0 Å². The number of para-hydroxylation sites is 2. The zero-order chi connectivity index (χ0) is 24.5. The van der Waals surface area contributed by atoms with Gasteiger partial charge in [0, 0.05) is 12.1 Å². The smallest absolute Gasteiger partial charge is 0.262 e. The van der Waals surface area contributed by atoms with Crippen molar-refractivity contribution in [1.29, 1.82) is 0 Å². The number of furan rings is 1. The summed E-state index contributed by atoms with van der Waals surface area (Å²) in [5.74, 6) is 1.37. The van der Waals surface area contributed by atoms with Crippen molar-refractivity contribution in [2.45, 2.75) is 6.04 Å². The summed E-state index contributed by atoms with van der Waals surface area (Å²) in [5.41, 5.74) is 0.947. The van der Waals surface area contributed by atoms with E-state index in [0.717, 1.165) is 5.76 Å². The summed E-state index contributed by atoms with van der Waals surface area (Å²) in [5, 5.41) is 5.66. The number of hydrogen-bond acceptors (Lipinski definition) is 7. The number of carbonyl (C=O) groups excluding carboxylic acids is 2. The lowest BCUT2D eigenvalue weighted by molar-refractivity contribution is -0.118. The minimum atomic E-state index is -0.360. The zero-order valence-electron chi connectivity index (χ0n) is 19.7. The van der Waals surface area contributed by atoms with Gasteiger partial charge in [0.15, 0.2) is 18.1 Å². The molecule has 0 radical (unpaired) electrons. The highest BCUT2D eigenvalue weighted by atomic mass is 16.5. The average Bonchev–Trinajstić information content (AvgIpc) is 3.37. The molecule has 3 aromatic rings. The first kappa shape index (κ1) is 24.7. The summed E-state index contributed by atoms with van der Waals surface area (Å²) in [6, 6.07) is 15.4. The van der Waals surface area contributed by atoms with Crippen molar-refractivity contribution < 1.29 is 28.2 Å². The molecule has 0 saturated carbocycles. The lowest BCUT2D eigenvalue weighted by atomic mass is 10.1. The summed E-state index contributed by atoms with van der Waals surface area (Å²) < 4.78 is 21.7. The topological polar surface area (TPSA) is 102 Å². The molecule has 34 heavy (non-hydrogen) atoms. The molecule has 2 aromatic carbocycles. The third-order valence-corrected chi connectivity index (χ3v) is 5.12. The number of rotatable bonds is 11. The SMILES string of the molecule is COc1ccccc1NC(=O)COc1ccc(C(=O)NCC(c2ccco2)N(C)C)cc1OC. The number of methoxy groups -OCH3 is 2. The Bertz CT molecular complexity index is 1100. The third-order valence-electron chi connectivity index (χ3n) is 5.12. The van der Waals surface area contributed by atoms with E-state index in [1.54, 1.807) is 42.7 Å². The van der Waals surface area contributed by atoms with E-state index < -0.39 is 0 Å². The molecular weight excluding hydrogens is 438 g/mol. The van der Waals surface area contributed by atoms with Gasteiger partial charge < -0.3 is 29.3 Å². The zero-order valence-corrected chi connectivity index (χ0v) is 19.7. The first-order valence-electron chi connectivity index (χ1n) is 10.6. The number of anilines is 1. The van der Waals surface area contributed by atoms with Gasteiger partial charge in [0.2, 0.25) is 0 Å². The normalized spacial score (nSPS) is 11.6. The van der Waals surface area contributed by atoms with Gasteiger partial charge >= 0.3 is 0 Å². The summed E-state index contributed by atoms with van der Waals surface area (Å²) >= 11 is 0. The summed E-state index contributed by atoms with van der Waals surface area (Å²) in [4.78, 5) is 27.0. The number of likely N-dealkylation sites (N-methyl/N-ethyl adjacent to an activating group) is 1. The molecule has 0 aliphatic heterocycles. The van der Waals surface area contributed by atoms with E-state index in [1.807, 2.05) is 37.2 Å². The van der Waals surface area contributed by atoms with E-state index in [9.17, 15) is 9.59 Å². The minimum Gasteiger partial charge on any atom is -0.495 e. The molecule has 2 N–H and O–H groups in total. The molecule has 0 bridgehead atoms. The fourth-order valence-corrected chi connectivity index (χ4v) is 3.32. The van der Waals surface area contributed by atoms with Crippen LogP contribution in [0.1, 0.15) is 22.2 Å². The highest BCUT2D eigenvalue weighted by Crippen LogP contribution is 2.29. The van der Waals surface area contributed by atoms with Crippen molar-refractivity contribution in [1.82, 2.24) is 10.2 Å². The summed E-state index contributed by atoms with van der Waals surface area (Å²) in [6.07, 6.45) is 1.61. The fourth-order valence-electron chi connectivity index (χ4n) is 3.32. The number of nitrogens with zero attached hydrogens (tertiary/aromatic N) is 1. The van der Waals surface area contributed by atoms with E-state index in [0.29, 0.717) is 35.0 Å². The first-order chi connectivity index (χ1) is 16.4. The van der Waals surface area contributed by atoms with Gasteiger partial charge in [-0.25, -0.2) is 0 Å². The molecule has 2 amide bonds.